The van der Waals surface area contributed by atoms with Gasteiger partial charge in [-0.2, -0.15) is 0 Å². The average Bonchev–Trinajstić information content (AvgIpc) is 2.68. The van der Waals surface area contributed by atoms with Gasteiger partial charge in [0.15, 0.2) is 0 Å². The van der Waals surface area contributed by atoms with Gasteiger partial charge in [-0.1, -0.05) is 66.0 Å². The molecule has 0 saturated carbocycles. The van der Waals surface area contributed by atoms with Gasteiger partial charge in [0.2, 0.25) is 11.8 Å². The van der Waals surface area contributed by atoms with Crippen molar-refractivity contribution in [1.29, 1.82) is 0 Å². The SMILES string of the molecule is CCCNC(=O)C(C)N(Cc1ccc(Cl)c(Cl)c1)C(=O)Cc1ccc(C)cc1. The molecule has 2 rings (SSSR count). The maximum atomic E-state index is 13.1. The normalized spacial score (nSPS) is 11.8. The molecule has 1 unspecified atom stereocenters. The number of carbonyl (C=O) groups is 2. The molecule has 2 aromatic rings. The molecule has 150 valence electrons. The van der Waals surface area contributed by atoms with Crippen LogP contribution in [0.5, 0.6) is 0 Å². The molecule has 0 fully saturated rings. The third-order valence-corrected chi connectivity index (χ3v) is 5.27. The zero-order chi connectivity index (χ0) is 20.7. The van der Waals surface area contributed by atoms with E-state index >= 15 is 0 Å². The molecule has 1 N–H and O–H groups in total. The van der Waals surface area contributed by atoms with Crippen LogP contribution in [-0.4, -0.2) is 29.3 Å². The molecule has 28 heavy (non-hydrogen) atoms. The average molecular weight is 421 g/mol. The summed E-state index contributed by atoms with van der Waals surface area (Å²) in [6.45, 7) is 6.59. The fraction of sp³-hybridized carbons (Fsp3) is 0.364. The molecule has 0 saturated heterocycles. The lowest BCUT2D eigenvalue weighted by molar-refractivity contribution is -0.140. The van der Waals surface area contributed by atoms with Crippen LogP contribution in [0.4, 0.5) is 0 Å². The number of benzene rings is 2. The zero-order valence-electron chi connectivity index (χ0n) is 16.5. The number of rotatable bonds is 8. The molecular formula is C22H26Cl2N2O2. The van der Waals surface area contributed by atoms with Crippen LogP contribution in [0.3, 0.4) is 0 Å². The van der Waals surface area contributed by atoms with E-state index in [0.717, 1.165) is 23.1 Å². The van der Waals surface area contributed by atoms with E-state index in [1.54, 1.807) is 24.0 Å². The molecule has 4 nitrogen and oxygen atoms in total. The fourth-order valence-corrected chi connectivity index (χ4v) is 3.12. The highest BCUT2D eigenvalue weighted by Crippen LogP contribution is 2.24. The van der Waals surface area contributed by atoms with Crippen molar-refractivity contribution in [2.45, 2.75) is 46.2 Å². The van der Waals surface area contributed by atoms with Crippen molar-refractivity contribution in [1.82, 2.24) is 10.2 Å². The molecule has 0 aliphatic carbocycles. The molecule has 0 heterocycles. The quantitative estimate of drug-likeness (QED) is 0.667. The van der Waals surface area contributed by atoms with Gasteiger partial charge in [-0.25, -0.2) is 0 Å². The zero-order valence-corrected chi connectivity index (χ0v) is 18.0. The minimum absolute atomic E-state index is 0.117. The Labute approximate surface area is 176 Å². The monoisotopic (exact) mass is 420 g/mol. The minimum atomic E-state index is -0.598. The van der Waals surface area contributed by atoms with E-state index in [-0.39, 0.29) is 24.8 Å². The number of hydrogen-bond donors (Lipinski definition) is 1. The summed E-state index contributed by atoms with van der Waals surface area (Å²) in [7, 11) is 0. The number of carbonyl (C=O) groups excluding carboxylic acids is 2. The fourth-order valence-electron chi connectivity index (χ4n) is 2.80. The number of aryl methyl sites for hydroxylation is 1. The van der Waals surface area contributed by atoms with E-state index in [9.17, 15) is 9.59 Å². The summed E-state index contributed by atoms with van der Waals surface area (Å²) in [6.07, 6.45) is 1.07. The van der Waals surface area contributed by atoms with E-state index in [1.807, 2.05) is 44.2 Å². The van der Waals surface area contributed by atoms with Gasteiger partial charge in [0.05, 0.1) is 16.5 Å². The lowest BCUT2D eigenvalue weighted by Crippen LogP contribution is -2.48. The molecule has 1 atom stereocenters. The molecule has 0 radical (unpaired) electrons. The number of nitrogens with one attached hydrogen (secondary N) is 1. The number of halogens is 2. The smallest absolute Gasteiger partial charge is 0.242 e. The number of nitrogens with zero attached hydrogens (tertiary/aromatic N) is 1. The first-order valence-electron chi connectivity index (χ1n) is 9.38. The molecule has 0 aromatic heterocycles. The van der Waals surface area contributed by atoms with Crippen molar-refractivity contribution >= 4 is 35.0 Å². The maximum Gasteiger partial charge on any atom is 0.242 e. The Kier molecular flexibility index (Phi) is 8.34. The van der Waals surface area contributed by atoms with Crippen molar-refractivity contribution in [2.24, 2.45) is 0 Å². The topological polar surface area (TPSA) is 49.4 Å². The van der Waals surface area contributed by atoms with Gasteiger partial charge >= 0.3 is 0 Å². The molecule has 0 aliphatic heterocycles. The van der Waals surface area contributed by atoms with Crippen molar-refractivity contribution in [3.63, 3.8) is 0 Å². The van der Waals surface area contributed by atoms with E-state index < -0.39 is 6.04 Å². The second-order valence-electron chi connectivity index (χ2n) is 6.90. The van der Waals surface area contributed by atoms with Crippen LogP contribution in [0.2, 0.25) is 10.0 Å². The van der Waals surface area contributed by atoms with Crippen LogP contribution in [0, 0.1) is 6.92 Å². The van der Waals surface area contributed by atoms with Gasteiger partial charge in [-0.15, -0.1) is 0 Å². The van der Waals surface area contributed by atoms with E-state index in [4.69, 9.17) is 23.2 Å². The van der Waals surface area contributed by atoms with Crippen molar-refractivity contribution in [3.8, 4) is 0 Å². The minimum Gasteiger partial charge on any atom is -0.354 e. The first-order chi connectivity index (χ1) is 13.3. The van der Waals surface area contributed by atoms with E-state index in [0.29, 0.717) is 16.6 Å². The summed E-state index contributed by atoms with van der Waals surface area (Å²) in [5, 5.41) is 3.74. The van der Waals surface area contributed by atoms with Crippen LogP contribution in [-0.2, 0) is 22.6 Å². The van der Waals surface area contributed by atoms with Gasteiger partial charge in [0.25, 0.3) is 0 Å². The van der Waals surface area contributed by atoms with Crippen molar-refractivity contribution in [2.75, 3.05) is 6.54 Å². The van der Waals surface area contributed by atoms with Crippen molar-refractivity contribution in [3.05, 3.63) is 69.2 Å². The summed E-state index contributed by atoms with van der Waals surface area (Å²) >= 11 is 12.1. The Morgan fingerprint density at radius 3 is 2.29 bits per heavy atom. The summed E-state index contributed by atoms with van der Waals surface area (Å²) in [4.78, 5) is 27.2. The highest BCUT2D eigenvalue weighted by atomic mass is 35.5. The molecule has 0 aliphatic rings. The Hall–Kier alpha value is -2.04. The molecule has 6 heteroatoms. The van der Waals surface area contributed by atoms with Crippen LogP contribution < -0.4 is 5.32 Å². The second kappa shape index (κ2) is 10.5. The number of amides is 2. The first kappa shape index (κ1) is 22.3. The summed E-state index contributed by atoms with van der Waals surface area (Å²) in [6, 6.07) is 12.5. The van der Waals surface area contributed by atoms with Crippen LogP contribution in [0.25, 0.3) is 0 Å². The standard InChI is InChI=1S/C22H26Cl2N2O2/c1-4-11-25-22(28)16(3)26(14-18-9-10-19(23)20(24)12-18)21(27)13-17-7-5-15(2)6-8-17/h5-10,12,16H,4,11,13-14H2,1-3H3,(H,25,28). The third-order valence-electron chi connectivity index (χ3n) is 4.53. The lowest BCUT2D eigenvalue weighted by Gasteiger charge is -2.29. The Bertz CT molecular complexity index is 822. The Morgan fingerprint density at radius 1 is 1.04 bits per heavy atom. The first-order valence-corrected chi connectivity index (χ1v) is 10.1. The van der Waals surface area contributed by atoms with Gasteiger partial charge in [0, 0.05) is 13.1 Å². The molecule has 0 bridgehead atoms. The summed E-state index contributed by atoms with van der Waals surface area (Å²) in [5.41, 5.74) is 2.87. The van der Waals surface area contributed by atoms with Gasteiger partial charge in [-0.3, -0.25) is 9.59 Å². The van der Waals surface area contributed by atoms with Crippen LogP contribution >= 0.6 is 23.2 Å². The van der Waals surface area contributed by atoms with Crippen molar-refractivity contribution < 1.29 is 9.59 Å². The molecular weight excluding hydrogens is 395 g/mol. The summed E-state index contributed by atoms with van der Waals surface area (Å²) in [5.74, 6) is -0.284. The maximum absolute atomic E-state index is 13.1. The van der Waals surface area contributed by atoms with E-state index in [1.165, 1.54) is 0 Å². The van der Waals surface area contributed by atoms with E-state index in [2.05, 4.69) is 5.32 Å². The second-order valence-corrected chi connectivity index (χ2v) is 7.71. The van der Waals surface area contributed by atoms with Crippen LogP contribution in [0.1, 0.15) is 37.0 Å². The Morgan fingerprint density at radius 2 is 1.68 bits per heavy atom. The lowest BCUT2D eigenvalue weighted by atomic mass is 10.1. The molecule has 2 amide bonds. The molecule has 2 aromatic carbocycles. The molecule has 0 spiro atoms. The van der Waals surface area contributed by atoms with Gasteiger partial charge < -0.3 is 10.2 Å². The van der Waals surface area contributed by atoms with Gasteiger partial charge in [-0.05, 0) is 43.5 Å². The van der Waals surface area contributed by atoms with Crippen LogP contribution in [0.15, 0.2) is 42.5 Å². The third kappa shape index (κ3) is 6.25. The highest BCUT2D eigenvalue weighted by Gasteiger charge is 2.26. The summed E-state index contributed by atoms with van der Waals surface area (Å²) < 4.78 is 0. The Balaban J connectivity index is 2.22. The highest BCUT2D eigenvalue weighted by molar-refractivity contribution is 6.42. The largest absolute Gasteiger partial charge is 0.354 e. The van der Waals surface area contributed by atoms with Gasteiger partial charge in [0.1, 0.15) is 6.04 Å². The predicted octanol–water partition coefficient (Wildman–Crippen LogP) is 4.79. The number of hydrogen-bond acceptors (Lipinski definition) is 2. The predicted molar refractivity (Wildman–Crippen MR) is 115 cm³/mol.